The predicted octanol–water partition coefficient (Wildman–Crippen LogP) is 2.79. The molecule has 0 saturated heterocycles. The first-order valence-corrected chi connectivity index (χ1v) is 4.83. The van der Waals surface area contributed by atoms with E-state index in [0.29, 0.717) is 0 Å². The van der Waals surface area contributed by atoms with Crippen LogP contribution in [0.4, 0.5) is 0 Å². The number of aromatic nitrogens is 2. The van der Waals surface area contributed by atoms with Crippen molar-refractivity contribution in [2.45, 2.75) is 19.2 Å². The SMILES string of the molecule is Cc1nn(C(C)S)c2ccccc12. The Balaban J connectivity index is 2.78. The van der Waals surface area contributed by atoms with E-state index in [1.165, 1.54) is 5.39 Å². The normalized spacial score (nSPS) is 13.5. The molecule has 0 aliphatic heterocycles. The van der Waals surface area contributed by atoms with Gasteiger partial charge in [0.2, 0.25) is 0 Å². The third-order valence-corrected chi connectivity index (χ3v) is 2.37. The van der Waals surface area contributed by atoms with E-state index in [1.54, 1.807) is 0 Å². The number of hydrogen-bond acceptors (Lipinski definition) is 2. The summed E-state index contributed by atoms with van der Waals surface area (Å²) in [6.45, 7) is 4.04. The van der Waals surface area contributed by atoms with Gasteiger partial charge in [-0.25, -0.2) is 0 Å². The third kappa shape index (κ3) is 1.33. The van der Waals surface area contributed by atoms with Gasteiger partial charge in [0, 0.05) is 5.39 Å². The van der Waals surface area contributed by atoms with Crippen LogP contribution in [0.5, 0.6) is 0 Å². The fourth-order valence-corrected chi connectivity index (χ4v) is 1.71. The Morgan fingerprint density at radius 3 is 2.77 bits per heavy atom. The number of thiol groups is 1. The Bertz CT molecular complexity index is 431. The van der Waals surface area contributed by atoms with Gasteiger partial charge in [0.25, 0.3) is 0 Å². The average molecular weight is 192 g/mol. The van der Waals surface area contributed by atoms with Crippen molar-refractivity contribution in [2.24, 2.45) is 0 Å². The van der Waals surface area contributed by atoms with Gasteiger partial charge in [-0.3, -0.25) is 4.68 Å². The summed E-state index contributed by atoms with van der Waals surface area (Å²) in [6.07, 6.45) is 0. The van der Waals surface area contributed by atoms with E-state index >= 15 is 0 Å². The molecule has 1 aromatic heterocycles. The lowest BCUT2D eigenvalue weighted by molar-refractivity contribution is 0.663. The van der Waals surface area contributed by atoms with Gasteiger partial charge in [0.05, 0.1) is 16.6 Å². The highest BCUT2D eigenvalue weighted by Gasteiger charge is 2.08. The maximum absolute atomic E-state index is 4.43. The molecule has 13 heavy (non-hydrogen) atoms. The van der Waals surface area contributed by atoms with Crippen molar-refractivity contribution in [3.63, 3.8) is 0 Å². The fraction of sp³-hybridized carbons (Fsp3) is 0.300. The summed E-state index contributed by atoms with van der Waals surface area (Å²) in [5.74, 6) is 0. The van der Waals surface area contributed by atoms with Gasteiger partial charge in [-0.05, 0) is 19.9 Å². The minimum absolute atomic E-state index is 0.124. The molecule has 0 radical (unpaired) electrons. The second-order valence-corrected chi connectivity index (χ2v) is 3.93. The topological polar surface area (TPSA) is 17.8 Å². The van der Waals surface area contributed by atoms with E-state index in [9.17, 15) is 0 Å². The van der Waals surface area contributed by atoms with Gasteiger partial charge in [0.1, 0.15) is 0 Å². The quantitative estimate of drug-likeness (QED) is 0.688. The maximum atomic E-state index is 4.43. The Kier molecular flexibility index (Phi) is 2.04. The molecule has 68 valence electrons. The van der Waals surface area contributed by atoms with Crippen molar-refractivity contribution < 1.29 is 0 Å². The van der Waals surface area contributed by atoms with Gasteiger partial charge in [-0.2, -0.15) is 17.7 Å². The summed E-state index contributed by atoms with van der Waals surface area (Å²) in [7, 11) is 0. The molecular weight excluding hydrogens is 180 g/mol. The van der Waals surface area contributed by atoms with E-state index in [-0.39, 0.29) is 5.37 Å². The van der Waals surface area contributed by atoms with Crippen molar-refractivity contribution in [2.75, 3.05) is 0 Å². The maximum Gasteiger partial charge on any atom is 0.0921 e. The third-order valence-electron chi connectivity index (χ3n) is 2.15. The van der Waals surface area contributed by atoms with Gasteiger partial charge >= 0.3 is 0 Å². The van der Waals surface area contributed by atoms with E-state index in [1.807, 2.05) is 30.7 Å². The molecule has 0 amide bonds. The first kappa shape index (κ1) is 8.63. The molecule has 0 aliphatic carbocycles. The summed E-state index contributed by atoms with van der Waals surface area (Å²) in [6, 6.07) is 8.22. The zero-order valence-electron chi connectivity index (χ0n) is 7.73. The molecule has 0 saturated carbocycles. The Labute approximate surface area is 83.0 Å². The Morgan fingerprint density at radius 2 is 2.08 bits per heavy atom. The molecule has 0 fully saturated rings. The number of rotatable bonds is 1. The second-order valence-electron chi connectivity index (χ2n) is 3.18. The predicted molar refractivity (Wildman–Crippen MR) is 58.2 cm³/mol. The molecular formula is C10H12N2S. The van der Waals surface area contributed by atoms with Gasteiger partial charge in [-0.15, -0.1) is 0 Å². The molecule has 3 heteroatoms. The van der Waals surface area contributed by atoms with Crippen molar-refractivity contribution >= 4 is 23.5 Å². The molecule has 1 atom stereocenters. The van der Waals surface area contributed by atoms with Crippen LogP contribution in [0, 0.1) is 6.92 Å². The van der Waals surface area contributed by atoms with Crippen LogP contribution in [0.1, 0.15) is 18.0 Å². The van der Waals surface area contributed by atoms with E-state index in [2.05, 4.69) is 29.9 Å². The van der Waals surface area contributed by atoms with E-state index in [0.717, 1.165) is 11.2 Å². The van der Waals surface area contributed by atoms with Crippen LogP contribution in [0.2, 0.25) is 0 Å². The monoisotopic (exact) mass is 192 g/mol. The zero-order valence-corrected chi connectivity index (χ0v) is 8.62. The number of benzene rings is 1. The molecule has 0 N–H and O–H groups in total. The van der Waals surface area contributed by atoms with Crippen LogP contribution in [0.25, 0.3) is 10.9 Å². The van der Waals surface area contributed by atoms with Crippen LogP contribution in [-0.2, 0) is 0 Å². The van der Waals surface area contributed by atoms with Crippen molar-refractivity contribution in [3.8, 4) is 0 Å². The molecule has 1 aromatic carbocycles. The van der Waals surface area contributed by atoms with E-state index in [4.69, 9.17) is 0 Å². The standard InChI is InChI=1S/C10H12N2S/c1-7-9-5-3-4-6-10(9)12(11-7)8(2)13/h3-6,8,13H,1-2H3. The van der Waals surface area contributed by atoms with Crippen LogP contribution in [-0.4, -0.2) is 9.78 Å². The molecule has 1 unspecified atom stereocenters. The van der Waals surface area contributed by atoms with E-state index < -0.39 is 0 Å². The van der Waals surface area contributed by atoms with Crippen LogP contribution in [0.15, 0.2) is 24.3 Å². The van der Waals surface area contributed by atoms with Crippen molar-refractivity contribution in [1.82, 2.24) is 9.78 Å². The minimum atomic E-state index is 0.124. The number of fused-ring (bicyclic) bond motifs is 1. The lowest BCUT2D eigenvalue weighted by Crippen LogP contribution is -1.99. The lowest BCUT2D eigenvalue weighted by Gasteiger charge is -2.05. The summed E-state index contributed by atoms with van der Waals surface area (Å²) >= 11 is 4.38. The molecule has 2 nitrogen and oxygen atoms in total. The van der Waals surface area contributed by atoms with Crippen molar-refractivity contribution in [1.29, 1.82) is 0 Å². The number of hydrogen-bond donors (Lipinski definition) is 1. The summed E-state index contributed by atoms with van der Waals surface area (Å²) in [5, 5.41) is 5.76. The first-order valence-electron chi connectivity index (χ1n) is 4.32. The highest BCUT2D eigenvalue weighted by Crippen LogP contribution is 2.22. The summed E-state index contributed by atoms with van der Waals surface area (Å²) in [5.41, 5.74) is 2.22. The highest BCUT2D eigenvalue weighted by atomic mass is 32.1. The Morgan fingerprint density at radius 1 is 1.38 bits per heavy atom. The Hall–Kier alpha value is -0.960. The van der Waals surface area contributed by atoms with Gasteiger partial charge in [-0.1, -0.05) is 18.2 Å². The summed E-state index contributed by atoms with van der Waals surface area (Å²) in [4.78, 5) is 0. The fourth-order valence-electron chi connectivity index (χ4n) is 1.53. The van der Waals surface area contributed by atoms with Crippen LogP contribution in [0.3, 0.4) is 0 Å². The number of aryl methyl sites for hydroxylation is 1. The number of para-hydroxylation sites is 1. The largest absolute Gasteiger partial charge is 0.252 e. The summed E-state index contributed by atoms with van der Waals surface area (Å²) < 4.78 is 1.94. The first-order chi connectivity index (χ1) is 6.20. The van der Waals surface area contributed by atoms with Gasteiger partial charge < -0.3 is 0 Å². The average Bonchev–Trinajstić information content (AvgIpc) is 2.45. The minimum Gasteiger partial charge on any atom is -0.252 e. The second kappa shape index (κ2) is 3.07. The van der Waals surface area contributed by atoms with Gasteiger partial charge in [0.15, 0.2) is 0 Å². The van der Waals surface area contributed by atoms with Crippen molar-refractivity contribution in [3.05, 3.63) is 30.0 Å². The molecule has 0 aliphatic rings. The lowest BCUT2D eigenvalue weighted by atomic mass is 10.2. The molecule has 0 bridgehead atoms. The number of nitrogens with zero attached hydrogens (tertiary/aromatic N) is 2. The van der Waals surface area contributed by atoms with Crippen LogP contribution < -0.4 is 0 Å². The highest BCUT2D eigenvalue weighted by molar-refractivity contribution is 7.80. The molecule has 2 aromatic rings. The molecule has 0 spiro atoms. The zero-order chi connectivity index (χ0) is 9.42. The molecule has 2 rings (SSSR count). The smallest absolute Gasteiger partial charge is 0.0921 e. The van der Waals surface area contributed by atoms with Crippen LogP contribution >= 0.6 is 12.6 Å². The molecule has 1 heterocycles.